The molecule has 6 nitrogen and oxygen atoms in total. The average Bonchev–Trinajstić information content (AvgIpc) is 3.01. The summed E-state index contributed by atoms with van der Waals surface area (Å²) in [5.41, 5.74) is 3.75. The van der Waals surface area contributed by atoms with Crippen LogP contribution in [0.2, 0.25) is 0 Å². The van der Waals surface area contributed by atoms with Crippen molar-refractivity contribution in [2.75, 3.05) is 25.6 Å². The zero-order valence-corrected chi connectivity index (χ0v) is 15.5. The van der Waals surface area contributed by atoms with Crippen molar-refractivity contribution in [2.45, 2.75) is 51.1 Å². The summed E-state index contributed by atoms with van der Waals surface area (Å²) in [4.78, 5) is 12.3. The Labute approximate surface area is 153 Å². The minimum atomic E-state index is -0.307. The Balaban J connectivity index is 1.77. The molecule has 2 aliphatic rings. The lowest BCUT2D eigenvalue weighted by molar-refractivity contribution is 0.198. The third-order valence-electron chi connectivity index (χ3n) is 5.61. The third-order valence-corrected chi connectivity index (χ3v) is 5.61. The molecule has 2 aromatic rings. The van der Waals surface area contributed by atoms with Crippen LogP contribution in [0, 0.1) is 6.92 Å². The van der Waals surface area contributed by atoms with Crippen molar-refractivity contribution in [3.63, 3.8) is 0 Å². The first-order valence-electron chi connectivity index (χ1n) is 9.48. The maximum Gasteiger partial charge on any atom is 0.319 e. The van der Waals surface area contributed by atoms with E-state index in [-0.39, 0.29) is 11.6 Å². The molecule has 1 fully saturated rings. The minimum absolute atomic E-state index is 0.102. The highest BCUT2D eigenvalue weighted by Gasteiger charge is 2.43. The van der Waals surface area contributed by atoms with Crippen LogP contribution in [-0.4, -0.2) is 26.3 Å². The summed E-state index contributed by atoms with van der Waals surface area (Å²) in [5.74, 6) is 0.909. The molecule has 1 spiro atoms. The molecule has 6 heteroatoms. The normalized spacial score (nSPS) is 18.6. The molecule has 2 amide bonds. The van der Waals surface area contributed by atoms with Crippen LogP contribution in [0.4, 0.5) is 10.5 Å². The van der Waals surface area contributed by atoms with Crippen molar-refractivity contribution in [1.82, 2.24) is 10.6 Å². The Bertz CT molecular complexity index is 821. The van der Waals surface area contributed by atoms with E-state index in [1.165, 1.54) is 6.42 Å². The molecule has 2 heterocycles. The van der Waals surface area contributed by atoms with Gasteiger partial charge in [-0.2, -0.15) is 0 Å². The molecule has 0 radical (unpaired) electrons. The predicted molar refractivity (Wildman–Crippen MR) is 101 cm³/mol. The number of benzene rings is 1. The topological polar surface area (TPSA) is 75.5 Å². The lowest BCUT2D eigenvalue weighted by Gasteiger charge is -2.43. The molecule has 1 aliphatic heterocycles. The summed E-state index contributed by atoms with van der Waals surface area (Å²) in [6.07, 6.45) is 5.41. The van der Waals surface area contributed by atoms with Crippen molar-refractivity contribution < 1.29 is 13.9 Å². The highest BCUT2D eigenvalue weighted by molar-refractivity contribution is 6.00. The number of carbonyl (C=O) groups is 1. The number of fused-ring (bicyclic) bond motifs is 4. The van der Waals surface area contributed by atoms with Gasteiger partial charge in [0.1, 0.15) is 11.3 Å². The number of rotatable bonds is 5. The van der Waals surface area contributed by atoms with Crippen molar-refractivity contribution in [3.05, 3.63) is 29.0 Å². The number of hydrogen-bond donors (Lipinski definition) is 3. The molecular weight excluding hydrogens is 330 g/mol. The lowest BCUT2D eigenvalue weighted by atomic mass is 9.74. The zero-order valence-electron chi connectivity index (χ0n) is 15.5. The molecule has 3 N–H and O–H groups in total. The van der Waals surface area contributed by atoms with Gasteiger partial charge in [-0.15, -0.1) is 0 Å². The summed E-state index contributed by atoms with van der Waals surface area (Å²) in [5, 5.41) is 10.7. The number of aryl methyl sites for hydroxylation is 1. The molecular formula is C20H27N3O3. The quantitative estimate of drug-likeness (QED) is 0.712. The van der Waals surface area contributed by atoms with Gasteiger partial charge in [0.05, 0.1) is 24.4 Å². The standard InChI is InChI=1S/C20H27N3O3/c1-13-10-14-11-15(12-21-8-9-25-2)26-18(14)16-17(13)22-19(24)23-20(16)6-4-3-5-7-20/h10-11,21H,3-9,12H2,1-2H3,(H2,22,23,24). The van der Waals surface area contributed by atoms with Crippen molar-refractivity contribution in [1.29, 1.82) is 0 Å². The number of methoxy groups -OCH3 is 1. The van der Waals surface area contributed by atoms with Crippen LogP contribution in [0.5, 0.6) is 0 Å². The van der Waals surface area contributed by atoms with E-state index >= 15 is 0 Å². The molecule has 0 saturated heterocycles. The van der Waals surface area contributed by atoms with Gasteiger partial charge in [0.15, 0.2) is 0 Å². The number of hydrogen-bond acceptors (Lipinski definition) is 4. The molecule has 1 aromatic carbocycles. The Morgan fingerprint density at radius 2 is 2.08 bits per heavy atom. The second-order valence-electron chi connectivity index (χ2n) is 7.47. The first-order valence-corrected chi connectivity index (χ1v) is 9.48. The van der Waals surface area contributed by atoms with E-state index in [1.807, 2.05) is 0 Å². The van der Waals surface area contributed by atoms with Crippen molar-refractivity contribution in [2.24, 2.45) is 0 Å². The Morgan fingerprint density at radius 1 is 1.27 bits per heavy atom. The van der Waals surface area contributed by atoms with Crippen molar-refractivity contribution >= 4 is 22.7 Å². The number of urea groups is 1. The summed E-state index contributed by atoms with van der Waals surface area (Å²) in [6, 6.07) is 4.11. The van der Waals surface area contributed by atoms with Crippen LogP contribution in [0.25, 0.3) is 11.0 Å². The second-order valence-corrected chi connectivity index (χ2v) is 7.47. The molecule has 0 bridgehead atoms. The van der Waals surface area contributed by atoms with E-state index in [4.69, 9.17) is 9.15 Å². The van der Waals surface area contributed by atoms with E-state index in [2.05, 4.69) is 35.0 Å². The number of carbonyl (C=O) groups excluding carboxylic acids is 1. The first-order chi connectivity index (χ1) is 12.6. The molecule has 1 aromatic heterocycles. The maximum atomic E-state index is 12.3. The SMILES string of the molecule is COCCNCc1cc2cc(C)c3c(c2o1)C1(CCCCC1)NC(=O)N3. The fraction of sp³-hybridized carbons (Fsp3) is 0.550. The first kappa shape index (κ1) is 17.4. The highest BCUT2D eigenvalue weighted by Crippen LogP contribution is 2.47. The van der Waals surface area contributed by atoms with Gasteiger partial charge >= 0.3 is 6.03 Å². The van der Waals surface area contributed by atoms with Gasteiger partial charge in [-0.1, -0.05) is 19.3 Å². The van der Waals surface area contributed by atoms with E-state index < -0.39 is 0 Å². The maximum absolute atomic E-state index is 12.3. The Hall–Kier alpha value is -2.05. The summed E-state index contributed by atoms with van der Waals surface area (Å²) in [6.45, 7) is 4.18. The van der Waals surface area contributed by atoms with Gasteiger partial charge in [-0.25, -0.2) is 4.79 Å². The molecule has 0 atom stereocenters. The largest absolute Gasteiger partial charge is 0.459 e. The summed E-state index contributed by atoms with van der Waals surface area (Å²) < 4.78 is 11.3. The summed E-state index contributed by atoms with van der Waals surface area (Å²) in [7, 11) is 1.70. The number of nitrogens with one attached hydrogen (secondary N) is 3. The van der Waals surface area contributed by atoms with Crippen LogP contribution >= 0.6 is 0 Å². The lowest BCUT2D eigenvalue weighted by Crippen LogP contribution is -2.52. The van der Waals surface area contributed by atoms with Crippen LogP contribution < -0.4 is 16.0 Å². The van der Waals surface area contributed by atoms with Crippen LogP contribution in [0.15, 0.2) is 16.5 Å². The average molecular weight is 357 g/mol. The fourth-order valence-electron chi connectivity index (χ4n) is 4.42. The van der Waals surface area contributed by atoms with Gasteiger partial charge in [0, 0.05) is 24.6 Å². The van der Waals surface area contributed by atoms with Gasteiger partial charge in [-0.3, -0.25) is 0 Å². The van der Waals surface area contributed by atoms with E-state index in [0.29, 0.717) is 13.2 Å². The van der Waals surface area contributed by atoms with Crippen LogP contribution in [0.1, 0.15) is 49.0 Å². The van der Waals surface area contributed by atoms with E-state index in [1.54, 1.807) is 7.11 Å². The molecule has 1 saturated carbocycles. The minimum Gasteiger partial charge on any atom is -0.459 e. The number of furan rings is 1. The van der Waals surface area contributed by atoms with Gasteiger partial charge in [0.2, 0.25) is 0 Å². The smallest absolute Gasteiger partial charge is 0.319 e. The van der Waals surface area contributed by atoms with Gasteiger partial charge in [-0.05, 0) is 37.5 Å². The van der Waals surface area contributed by atoms with E-state index in [9.17, 15) is 4.79 Å². The van der Waals surface area contributed by atoms with Crippen molar-refractivity contribution in [3.8, 4) is 0 Å². The Morgan fingerprint density at radius 3 is 2.85 bits per heavy atom. The third kappa shape index (κ3) is 2.97. The van der Waals surface area contributed by atoms with Crippen LogP contribution in [0.3, 0.4) is 0 Å². The number of amides is 2. The molecule has 140 valence electrons. The summed E-state index contributed by atoms with van der Waals surface area (Å²) >= 11 is 0. The molecule has 1 aliphatic carbocycles. The molecule has 26 heavy (non-hydrogen) atoms. The fourth-order valence-corrected chi connectivity index (χ4v) is 4.42. The second kappa shape index (κ2) is 6.93. The molecule has 0 unspecified atom stereocenters. The highest BCUT2D eigenvalue weighted by atomic mass is 16.5. The number of ether oxygens (including phenoxy) is 1. The Kier molecular flexibility index (Phi) is 4.63. The van der Waals surface area contributed by atoms with Gasteiger partial charge < -0.3 is 25.1 Å². The predicted octanol–water partition coefficient (Wildman–Crippen LogP) is 3.77. The monoisotopic (exact) mass is 357 g/mol. The van der Waals surface area contributed by atoms with Gasteiger partial charge in [0.25, 0.3) is 0 Å². The zero-order chi connectivity index (χ0) is 18.1. The van der Waals surface area contributed by atoms with Crippen LogP contribution in [-0.2, 0) is 16.8 Å². The molecule has 4 rings (SSSR count). The number of anilines is 1. The van der Waals surface area contributed by atoms with E-state index in [0.717, 1.165) is 65.8 Å².